The second kappa shape index (κ2) is 7.93. The molecule has 2 rings (SSSR count). The number of rotatable bonds is 6. The van der Waals surface area contributed by atoms with Gasteiger partial charge in [0.2, 0.25) is 0 Å². The summed E-state index contributed by atoms with van der Waals surface area (Å²) < 4.78 is 0. The molecule has 1 N–H and O–H groups in total. The minimum Gasteiger partial charge on any atom is -0.316 e. The Labute approximate surface area is 112 Å². The van der Waals surface area contributed by atoms with E-state index in [1.54, 1.807) is 0 Å². The number of likely N-dealkylation sites (N-methyl/N-ethyl adjacent to an activating group) is 1. The number of nitrogens with zero attached hydrogens (tertiary/aromatic N) is 2. The molecular formula is C15H29N3. The van der Waals surface area contributed by atoms with Crippen LogP contribution in [0.1, 0.15) is 25.7 Å². The van der Waals surface area contributed by atoms with E-state index in [1.807, 2.05) is 0 Å². The molecule has 0 bridgehead atoms. The average Bonchev–Trinajstić information content (AvgIpc) is 2.42. The van der Waals surface area contributed by atoms with Gasteiger partial charge in [-0.3, -0.25) is 0 Å². The van der Waals surface area contributed by atoms with Crippen LogP contribution in [0, 0.1) is 5.92 Å². The highest BCUT2D eigenvalue weighted by Crippen LogP contribution is 2.16. The van der Waals surface area contributed by atoms with Crippen molar-refractivity contribution in [2.45, 2.75) is 25.7 Å². The van der Waals surface area contributed by atoms with E-state index in [9.17, 15) is 0 Å². The maximum absolute atomic E-state index is 3.63. The quantitative estimate of drug-likeness (QED) is 0.571. The van der Waals surface area contributed by atoms with Gasteiger partial charge >= 0.3 is 0 Å². The largest absolute Gasteiger partial charge is 0.316 e. The first-order valence-corrected chi connectivity index (χ1v) is 7.61. The molecule has 1 fully saturated rings. The Hall–Kier alpha value is -0.380. The van der Waals surface area contributed by atoms with E-state index in [4.69, 9.17) is 0 Å². The topological polar surface area (TPSA) is 18.5 Å². The third-order valence-corrected chi connectivity index (χ3v) is 4.23. The average molecular weight is 251 g/mol. The molecule has 3 nitrogen and oxygen atoms in total. The van der Waals surface area contributed by atoms with Crippen molar-refractivity contribution in [3.05, 3.63) is 12.2 Å². The molecule has 1 unspecified atom stereocenters. The van der Waals surface area contributed by atoms with E-state index in [2.05, 4.69) is 34.3 Å². The molecule has 2 aliphatic rings. The van der Waals surface area contributed by atoms with Gasteiger partial charge in [-0.05, 0) is 58.3 Å². The van der Waals surface area contributed by atoms with Gasteiger partial charge in [-0.1, -0.05) is 12.2 Å². The van der Waals surface area contributed by atoms with Crippen LogP contribution in [0.25, 0.3) is 0 Å². The zero-order valence-electron chi connectivity index (χ0n) is 11.9. The first kappa shape index (κ1) is 14.0. The van der Waals surface area contributed by atoms with E-state index in [0.717, 1.165) is 5.92 Å². The van der Waals surface area contributed by atoms with E-state index < -0.39 is 0 Å². The summed E-state index contributed by atoms with van der Waals surface area (Å²) in [6.07, 6.45) is 9.91. The van der Waals surface area contributed by atoms with Crippen LogP contribution in [0.4, 0.5) is 0 Å². The smallest absolute Gasteiger partial charge is 0.0110 e. The molecule has 0 spiro atoms. The lowest BCUT2D eigenvalue weighted by atomic mass is 9.94. The fourth-order valence-electron chi connectivity index (χ4n) is 2.85. The first-order valence-electron chi connectivity index (χ1n) is 7.61. The monoisotopic (exact) mass is 251 g/mol. The van der Waals surface area contributed by atoms with Gasteiger partial charge in [0.15, 0.2) is 0 Å². The molecule has 1 saturated heterocycles. The maximum Gasteiger partial charge on any atom is 0.0110 e. The van der Waals surface area contributed by atoms with Crippen molar-refractivity contribution in [1.29, 1.82) is 0 Å². The van der Waals surface area contributed by atoms with Gasteiger partial charge in [0.1, 0.15) is 0 Å². The van der Waals surface area contributed by atoms with Crippen LogP contribution in [-0.2, 0) is 0 Å². The molecule has 1 atom stereocenters. The van der Waals surface area contributed by atoms with Crippen molar-refractivity contribution in [2.24, 2.45) is 5.92 Å². The van der Waals surface area contributed by atoms with Gasteiger partial charge < -0.3 is 15.1 Å². The zero-order valence-corrected chi connectivity index (χ0v) is 11.9. The molecule has 104 valence electrons. The number of allylic oxidation sites excluding steroid dienone is 2. The molecule has 0 aromatic heterocycles. The summed E-state index contributed by atoms with van der Waals surface area (Å²) in [7, 11) is 2.22. The molecule has 0 saturated carbocycles. The number of hydrogen-bond acceptors (Lipinski definition) is 3. The lowest BCUT2D eigenvalue weighted by molar-refractivity contribution is 0.152. The highest BCUT2D eigenvalue weighted by molar-refractivity contribution is 4.90. The minimum atomic E-state index is 0.888. The third kappa shape index (κ3) is 5.09. The molecular weight excluding hydrogens is 222 g/mol. The summed E-state index contributed by atoms with van der Waals surface area (Å²) in [6, 6.07) is 0. The van der Waals surface area contributed by atoms with Crippen molar-refractivity contribution in [1.82, 2.24) is 15.1 Å². The predicted molar refractivity (Wildman–Crippen MR) is 77.9 cm³/mol. The van der Waals surface area contributed by atoms with Gasteiger partial charge in [0.05, 0.1) is 0 Å². The fourth-order valence-corrected chi connectivity index (χ4v) is 2.85. The molecule has 1 aliphatic heterocycles. The molecule has 1 heterocycles. The van der Waals surface area contributed by atoms with Crippen LogP contribution in [0.2, 0.25) is 0 Å². The molecule has 0 radical (unpaired) electrons. The van der Waals surface area contributed by atoms with Gasteiger partial charge in [-0.15, -0.1) is 0 Å². The number of nitrogens with one attached hydrogen (secondary N) is 1. The summed E-state index contributed by atoms with van der Waals surface area (Å²) in [6.45, 7) is 8.66. The predicted octanol–water partition coefficient (Wildman–Crippen LogP) is 1.57. The Morgan fingerprint density at radius 1 is 1.17 bits per heavy atom. The zero-order chi connectivity index (χ0) is 12.6. The molecule has 1 aliphatic carbocycles. The SMILES string of the molecule is CN1CCN(CCCNCC2CC=CCC2)CC1. The maximum atomic E-state index is 3.63. The van der Waals surface area contributed by atoms with Crippen molar-refractivity contribution in [3.8, 4) is 0 Å². The van der Waals surface area contributed by atoms with Crippen LogP contribution in [0.5, 0.6) is 0 Å². The Bertz CT molecular complexity index is 244. The van der Waals surface area contributed by atoms with Crippen molar-refractivity contribution in [3.63, 3.8) is 0 Å². The summed E-state index contributed by atoms with van der Waals surface area (Å²) >= 11 is 0. The standard InChI is InChI=1S/C15H29N3/c1-17-10-12-18(13-11-17)9-5-8-16-14-15-6-3-2-4-7-15/h2-3,15-16H,4-14H2,1H3. The van der Waals surface area contributed by atoms with Gasteiger partial charge in [0.25, 0.3) is 0 Å². The summed E-state index contributed by atoms with van der Waals surface area (Å²) in [5, 5.41) is 3.63. The van der Waals surface area contributed by atoms with E-state index >= 15 is 0 Å². The van der Waals surface area contributed by atoms with Crippen LogP contribution in [0.3, 0.4) is 0 Å². The first-order chi connectivity index (χ1) is 8.84. The van der Waals surface area contributed by atoms with Crippen molar-refractivity contribution < 1.29 is 0 Å². The van der Waals surface area contributed by atoms with Gasteiger partial charge in [-0.2, -0.15) is 0 Å². The Morgan fingerprint density at radius 2 is 2.00 bits per heavy atom. The molecule has 0 aromatic carbocycles. The van der Waals surface area contributed by atoms with E-state index in [0.29, 0.717) is 0 Å². The van der Waals surface area contributed by atoms with E-state index in [-0.39, 0.29) is 0 Å². The fraction of sp³-hybridized carbons (Fsp3) is 0.867. The Morgan fingerprint density at radius 3 is 2.72 bits per heavy atom. The Balaban J connectivity index is 1.45. The van der Waals surface area contributed by atoms with Crippen LogP contribution in [-0.4, -0.2) is 62.7 Å². The lowest BCUT2D eigenvalue weighted by Crippen LogP contribution is -2.45. The normalized spacial score (nSPS) is 26.6. The van der Waals surface area contributed by atoms with E-state index in [1.165, 1.54) is 71.5 Å². The summed E-state index contributed by atoms with van der Waals surface area (Å²) in [5.74, 6) is 0.888. The van der Waals surface area contributed by atoms with Crippen LogP contribution in [0.15, 0.2) is 12.2 Å². The number of piperazine rings is 1. The second-order valence-corrected chi connectivity index (χ2v) is 5.85. The third-order valence-electron chi connectivity index (χ3n) is 4.23. The second-order valence-electron chi connectivity index (χ2n) is 5.85. The molecule has 0 amide bonds. The highest BCUT2D eigenvalue weighted by atomic mass is 15.2. The summed E-state index contributed by atoms with van der Waals surface area (Å²) in [4.78, 5) is 5.02. The molecule has 3 heteroatoms. The van der Waals surface area contributed by atoms with Crippen molar-refractivity contribution >= 4 is 0 Å². The van der Waals surface area contributed by atoms with Gasteiger partial charge in [-0.25, -0.2) is 0 Å². The Kier molecular flexibility index (Phi) is 6.18. The minimum absolute atomic E-state index is 0.888. The highest BCUT2D eigenvalue weighted by Gasteiger charge is 2.13. The van der Waals surface area contributed by atoms with Gasteiger partial charge in [0, 0.05) is 26.2 Å². The summed E-state index contributed by atoms with van der Waals surface area (Å²) in [5.41, 5.74) is 0. The number of hydrogen-bond donors (Lipinski definition) is 1. The van der Waals surface area contributed by atoms with Crippen molar-refractivity contribution in [2.75, 3.05) is 52.9 Å². The lowest BCUT2D eigenvalue weighted by Gasteiger charge is -2.32. The van der Waals surface area contributed by atoms with Crippen LogP contribution < -0.4 is 5.32 Å². The molecule has 18 heavy (non-hydrogen) atoms. The van der Waals surface area contributed by atoms with Crippen LogP contribution >= 0.6 is 0 Å². The molecule has 0 aromatic rings.